The standard InChI is InChI=1S/C22H24N2O2/c25-19-11-17-20-14-10-18-22(7-8-23(18)12-13(14)4-3-9-26-17)15-5-1-2-6-16(15)24(19)21(20)22/h1-2,4-6,14,17-18,20-21H,3,7-12H2/b13-4-/t14?,17?,18?,20-,21?,22+/m0/s1. The highest BCUT2D eigenvalue weighted by molar-refractivity contribution is 5.99. The topological polar surface area (TPSA) is 32.8 Å². The van der Waals surface area contributed by atoms with E-state index < -0.39 is 0 Å². The Bertz CT molecular complexity index is 863. The molecule has 6 aliphatic rings. The van der Waals surface area contributed by atoms with Crippen molar-refractivity contribution < 1.29 is 9.53 Å². The van der Waals surface area contributed by atoms with Crippen molar-refractivity contribution in [2.24, 2.45) is 11.8 Å². The second-order valence-corrected chi connectivity index (χ2v) is 9.10. The second-order valence-electron chi connectivity index (χ2n) is 9.10. The van der Waals surface area contributed by atoms with Crippen LogP contribution >= 0.6 is 0 Å². The van der Waals surface area contributed by atoms with E-state index in [1.54, 1.807) is 5.57 Å². The van der Waals surface area contributed by atoms with Gasteiger partial charge < -0.3 is 9.64 Å². The minimum absolute atomic E-state index is 0.108. The smallest absolute Gasteiger partial charge is 0.229 e. The molecule has 0 N–H and O–H groups in total. The van der Waals surface area contributed by atoms with Crippen LogP contribution in [0.3, 0.4) is 0 Å². The maximum atomic E-state index is 13.3. The van der Waals surface area contributed by atoms with E-state index >= 15 is 0 Å². The molecule has 0 aromatic heterocycles. The summed E-state index contributed by atoms with van der Waals surface area (Å²) in [6.45, 7) is 3.07. The lowest BCUT2D eigenvalue weighted by atomic mass is 9.53. The average molecular weight is 348 g/mol. The summed E-state index contributed by atoms with van der Waals surface area (Å²) < 4.78 is 6.32. The van der Waals surface area contributed by atoms with E-state index in [0.717, 1.165) is 19.6 Å². The Kier molecular flexibility index (Phi) is 2.55. The molecule has 4 nitrogen and oxygen atoms in total. The van der Waals surface area contributed by atoms with Crippen LogP contribution in [0.15, 0.2) is 35.9 Å². The fourth-order valence-electron chi connectivity index (χ4n) is 7.69. The molecule has 3 saturated heterocycles. The van der Waals surface area contributed by atoms with Crippen molar-refractivity contribution in [1.82, 2.24) is 4.90 Å². The Hall–Kier alpha value is -1.65. The lowest BCUT2D eigenvalue weighted by molar-refractivity contribution is -0.135. The first-order valence-electron chi connectivity index (χ1n) is 10.3. The molecule has 5 aliphatic heterocycles. The van der Waals surface area contributed by atoms with E-state index in [4.69, 9.17) is 4.74 Å². The predicted octanol–water partition coefficient (Wildman–Crippen LogP) is 2.48. The molecular weight excluding hydrogens is 324 g/mol. The average Bonchev–Trinajstić information content (AvgIpc) is 3.18. The largest absolute Gasteiger partial charge is 0.377 e. The predicted molar refractivity (Wildman–Crippen MR) is 98.0 cm³/mol. The number of rotatable bonds is 0. The van der Waals surface area contributed by atoms with Crippen LogP contribution in [0.2, 0.25) is 0 Å². The maximum Gasteiger partial charge on any atom is 0.229 e. The summed E-state index contributed by atoms with van der Waals surface area (Å²) in [5.41, 5.74) is 4.41. The van der Waals surface area contributed by atoms with E-state index in [0.29, 0.717) is 30.3 Å². The zero-order valence-electron chi connectivity index (χ0n) is 14.9. The van der Waals surface area contributed by atoms with Gasteiger partial charge in [-0.05, 0) is 43.4 Å². The fraction of sp³-hybridized carbons (Fsp3) is 0.591. The highest BCUT2D eigenvalue weighted by Crippen LogP contribution is 2.65. The summed E-state index contributed by atoms with van der Waals surface area (Å²) in [5.74, 6) is 1.34. The van der Waals surface area contributed by atoms with Crippen LogP contribution < -0.4 is 4.90 Å². The lowest BCUT2D eigenvalue weighted by Crippen LogP contribution is -2.69. The zero-order chi connectivity index (χ0) is 17.0. The number of hydrogen-bond donors (Lipinski definition) is 0. The number of nitrogens with zero attached hydrogens (tertiary/aromatic N) is 2. The van der Waals surface area contributed by atoms with E-state index in [-0.39, 0.29) is 17.4 Å². The van der Waals surface area contributed by atoms with E-state index in [9.17, 15) is 4.79 Å². The minimum Gasteiger partial charge on any atom is -0.377 e. The van der Waals surface area contributed by atoms with Gasteiger partial charge in [0, 0.05) is 29.6 Å². The molecule has 4 fully saturated rings. The van der Waals surface area contributed by atoms with Gasteiger partial charge in [0.2, 0.25) is 5.91 Å². The van der Waals surface area contributed by atoms with E-state index in [1.807, 2.05) is 0 Å². The Morgan fingerprint density at radius 3 is 3.12 bits per heavy atom. The van der Waals surface area contributed by atoms with Crippen molar-refractivity contribution in [3.05, 3.63) is 41.5 Å². The van der Waals surface area contributed by atoms with Gasteiger partial charge in [-0.25, -0.2) is 0 Å². The Morgan fingerprint density at radius 2 is 2.15 bits per heavy atom. The van der Waals surface area contributed by atoms with Gasteiger partial charge in [-0.1, -0.05) is 29.8 Å². The summed E-state index contributed by atoms with van der Waals surface area (Å²) in [4.78, 5) is 18.2. The molecule has 4 heteroatoms. The third-order valence-corrected chi connectivity index (χ3v) is 8.42. The third kappa shape index (κ3) is 1.43. The number of ether oxygens (including phenoxy) is 1. The molecule has 2 bridgehead atoms. The molecule has 134 valence electrons. The normalized spacial score (nSPS) is 47.1. The molecule has 0 radical (unpaired) electrons. The van der Waals surface area contributed by atoms with E-state index in [1.165, 1.54) is 30.6 Å². The van der Waals surface area contributed by atoms with E-state index in [2.05, 4.69) is 40.1 Å². The fourth-order valence-corrected chi connectivity index (χ4v) is 7.69. The molecule has 1 aromatic rings. The molecule has 1 aliphatic carbocycles. The Labute approximate surface area is 153 Å². The minimum atomic E-state index is 0.108. The summed E-state index contributed by atoms with van der Waals surface area (Å²) in [6.07, 6.45) is 6.57. The molecule has 4 unspecified atom stereocenters. The number of hydrogen-bond acceptors (Lipinski definition) is 3. The van der Waals surface area contributed by atoms with Gasteiger partial charge >= 0.3 is 0 Å². The van der Waals surface area contributed by atoms with Crippen LogP contribution in [0.1, 0.15) is 31.2 Å². The number of amides is 1. The van der Waals surface area contributed by atoms with Gasteiger partial charge in [-0.15, -0.1) is 0 Å². The molecule has 1 saturated carbocycles. The third-order valence-electron chi connectivity index (χ3n) is 8.42. The molecule has 6 atom stereocenters. The SMILES string of the molecule is O=C1CC2OCC/C=C3/CN4CC[C@]56c7ccccc7N1C5[C@H]2C3CC46. The van der Waals surface area contributed by atoms with Crippen molar-refractivity contribution >= 4 is 11.6 Å². The van der Waals surface area contributed by atoms with Crippen molar-refractivity contribution in [3.8, 4) is 0 Å². The van der Waals surface area contributed by atoms with Crippen LogP contribution in [0, 0.1) is 11.8 Å². The first-order valence-corrected chi connectivity index (χ1v) is 10.3. The second kappa shape index (κ2) is 4.60. The lowest BCUT2D eigenvalue weighted by Gasteiger charge is -2.59. The summed E-state index contributed by atoms with van der Waals surface area (Å²) >= 11 is 0. The van der Waals surface area contributed by atoms with Gasteiger partial charge in [-0.3, -0.25) is 9.69 Å². The Balaban J connectivity index is 1.53. The molecule has 1 amide bonds. The molecule has 7 rings (SSSR count). The number of benzene rings is 1. The number of piperidine rings is 2. The van der Waals surface area contributed by atoms with Crippen molar-refractivity contribution in [1.29, 1.82) is 0 Å². The highest BCUT2D eigenvalue weighted by Gasteiger charge is 2.70. The number of anilines is 1. The van der Waals surface area contributed by atoms with Crippen LogP contribution in [0.5, 0.6) is 0 Å². The van der Waals surface area contributed by atoms with Crippen LogP contribution in [-0.2, 0) is 14.9 Å². The number of para-hydroxylation sites is 1. The molecule has 5 heterocycles. The van der Waals surface area contributed by atoms with Gasteiger partial charge in [0.15, 0.2) is 0 Å². The molecular formula is C22H24N2O2. The Morgan fingerprint density at radius 1 is 1.23 bits per heavy atom. The number of fused-ring (bicyclic) bond motifs is 2. The van der Waals surface area contributed by atoms with Crippen LogP contribution in [-0.4, -0.2) is 48.7 Å². The first-order chi connectivity index (χ1) is 12.8. The summed E-state index contributed by atoms with van der Waals surface area (Å²) in [6, 6.07) is 9.66. The van der Waals surface area contributed by atoms with Crippen LogP contribution in [0.25, 0.3) is 0 Å². The van der Waals surface area contributed by atoms with Gasteiger partial charge in [0.05, 0.1) is 25.2 Å². The first kappa shape index (κ1) is 14.4. The van der Waals surface area contributed by atoms with Crippen molar-refractivity contribution in [2.45, 2.75) is 49.3 Å². The molecule has 26 heavy (non-hydrogen) atoms. The number of carbonyl (C=O) groups is 1. The molecule has 1 spiro atoms. The quantitative estimate of drug-likeness (QED) is 0.676. The zero-order valence-corrected chi connectivity index (χ0v) is 14.9. The van der Waals surface area contributed by atoms with Gasteiger partial charge in [-0.2, -0.15) is 0 Å². The molecule has 1 aromatic carbocycles. The monoisotopic (exact) mass is 348 g/mol. The van der Waals surface area contributed by atoms with Crippen molar-refractivity contribution in [3.63, 3.8) is 0 Å². The van der Waals surface area contributed by atoms with Crippen LogP contribution in [0.4, 0.5) is 5.69 Å². The van der Waals surface area contributed by atoms with Crippen molar-refractivity contribution in [2.75, 3.05) is 24.6 Å². The van der Waals surface area contributed by atoms with Gasteiger partial charge in [0.25, 0.3) is 0 Å². The summed E-state index contributed by atoms with van der Waals surface area (Å²) in [7, 11) is 0. The van der Waals surface area contributed by atoms with Gasteiger partial charge in [0.1, 0.15) is 0 Å². The summed E-state index contributed by atoms with van der Waals surface area (Å²) in [5, 5.41) is 0. The maximum absolute atomic E-state index is 13.3. The highest BCUT2D eigenvalue weighted by atomic mass is 16.5. The number of carbonyl (C=O) groups excluding carboxylic acids is 1.